The number of carbonyl (C=O) groups is 1. The van der Waals surface area contributed by atoms with Crippen LogP contribution in [0, 0.1) is 17.8 Å². The molecule has 5 fully saturated rings. The number of aromatic amines is 1. The Morgan fingerprint density at radius 2 is 1.95 bits per heavy atom. The molecule has 0 aromatic carbocycles. The highest BCUT2D eigenvalue weighted by Gasteiger charge is 2.54. The summed E-state index contributed by atoms with van der Waals surface area (Å²) in [6.45, 7) is 0.800. The second kappa shape index (κ2) is 9.00. The standard InChI is InChI=1S/C26H33N7O5S/c1-39(36,37)32-17-3-6-33(7-4-17)25(34)23-30-24(38-31-23)19-13-28-22-18(2-5-27-22)21(19)29-20-15-8-14-9-16(20)12-26(35,10-14)11-15/h2,5,13-17,20,32,35H,3-4,6-12H2,1H3,(H2,27,28,29)/t14?,15-,16+,20?,26?. The second-order valence-electron chi connectivity index (χ2n) is 12.0. The van der Waals surface area contributed by atoms with E-state index in [1.54, 1.807) is 11.1 Å². The van der Waals surface area contributed by atoms with Gasteiger partial charge in [-0.15, -0.1) is 0 Å². The molecule has 12 nitrogen and oxygen atoms in total. The zero-order valence-electron chi connectivity index (χ0n) is 21.8. The van der Waals surface area contributed by atoms with Gasteiger partial charge in [-0.2, -0.15) is 4.98 Å². The van der Waals surface area contributed by atoms with E-state index in [0.717, 1.165) is 55.1 Å². The third-order valence-electron chi connectivity index (χ3n) is 9.15. The topological polar surface area (TPSA) is 166 Å². The molecule has 3 unspecified atom stereocenters. The number of piperidine rings is 1. The smallest absolute Gasteiger partial charge is 0.295 e. The van der Waals surface area contributed by atoms with Crippen molar-refractivity contribution in [1.29, 1.82) is 0 Å². The number of nitrogens with one attached hydrogen (secondary N) is 3. The number of aromatic nitrogens is 4. The van der Waals surface area contributed by atoms with Gasteiger partial charge in [-0.05, 0) is 68.8 Å². The molecule has 1 saturated heterocycles. The molecule has 3 aromatic heterocycles. The molecule has 4 aliphatic carbocycles. The van der Waals surface area contributed by atoms with Gasteiger partial charge in [0.2, 0.25) is 10.0 Å². The van der Waals surface area contributed by atoms with Crippen molar-refractivity contribution in [1.82, 2.24) is 29.7 Å². The summed E-state index contributed by atoms with van der Waals surface area (Å²) in [6, 6.07) is 2.00. The maximum atomic E-state index is 13.1. The minimum atomic E-state index is -3.30. The molecule has 5 atom stereocenters. The van der Waals surface area contributed by atoms with Gasteiger partial charge in [0.05, 0.1) is 23.1 Å². The maximum Gasteiger partial charge on any atom is 0.295 e. The van der Waals surface area contributed by atoms with Gasteiger partial charge in [0.15, 0.2) is 0 Å². The zero-order valence-corrected chi connectivity index (χ0v) is 22.6. The Morgan fingerprint density at radius 1 is 1.21 bits per heavy atom. The summed E-state index contributed by atoms with van der Waals surface area (Å²) in [5.74, 6) is 1.24. The molecule has 5 aliphatic rings. The number of pyridine rings is 1. The highest BCUT2D eigenvalue weighted by Crippen LogP contribution is 2.56. The number of likely N-dealkylation sites (tertiary alicyclic amines) is 1. The first-order chi connectivity index (χ1) is 18.6. The van der Waals surface area contributed by atoms with E-state index < -0.39 is 15.6 Å². The lowest BCUT2D eigenvalue weighted by Gasteiger charge is -2.58. The Labute approximate surface area is 226 Å². The fourth-order valence-electron chi connectivity index (χ4n) is 7.77. The first-order valence-electron chi connectivity index (χ1n) is 13.7. The first-order valence-corrected chi connectivity index (χ1v) is 15.6. The van der Waals surface area contributed by atoms with Gasteiger partial charge < -0.3 is 24.8 Å². The molecule has 1 amide bonds. The first kappa shape index (κ1) is 25.0. The fourth-order valence-corrected chi connectivity index (χ4v) is 8.61. The predicted octanol–water partition coefficient (Wildman–Crippen LogP) is 2.12. The third kappa shape index (κ3) is 4.59. The number of carbonyl (C=O) groups excluding carboxylic acids is 1. The van der Waals surface area contributed by atoms with Gasteiger partial charge in [-0.25, -0.2) is 18.1 Å². The van der Waals surface area contributed by atoms with Crippen molar-refractivity contribution in [2.75, 3.05) is 24.7 Å². The number of rotatable bonds is 6. The number of nitrogens with zero attached hydrogens (tertiary/aromatic N) is 4. The molecule has 208 valence electrons. The predicted molar refractivity (Wildman–Crippen MR) is 142 cm³/mol. The molecule has 39 heavy (non-hydrogen) atoms. The van der Waals surface area contributed by atoms with Crippen LogP contribution in [-0.2, 0) is 10.0 Å². The molecule has 4 N–H and O–H groups in total. The SMILES string of the molecule is CS(=O)(=O)NC1CCN(C(=O)c2noc(-c3cnc4[nH]ccc4c3NC3[C@@H]4CC5C[C@H]3CC(O)(C5)C4)n2)CC1. The minimum Gasteiger partial charge on any atom is -0.390 e. The summed E-state index contributed by atoms with van der Waals surface area (Å²) in [4.78, 5) is 27.0. The number of amides is 1. The van der Waals surface area contributed by atoms with Crippen LogP contribution in [0.15, 0.2) is 23.0 Å². The molecular weight excluding hydrogens is 522 g/mol. The fraction of sp³-hybridized carbons (Fsp3) is 0.615. The summed E-state index contributed by atoms with van der Waals surface area (Å²) in [5, 5.41) is 19.8. The van der Waals surface area contributed by atoms with Gasteiger partial charge in [-0.3, -0.25) is 4.79 Å². The molecular formula is C26H33N7O5S. The lowest BCUT2D eigenvalue weighted by molar-refractivity contribution is -0.129. The molecule has 8 rings (SSSR count). The highest BCUT2D eigenvalue weighted by molar-refractivity contribution is 7.88. The van der Waals surface area contributed by atoms with Gasteiger partial charge in [0.1, 0.15) is 5.65 Å². The summed E-state index contributed by atoms with van der Waals surface area (Å²) in [6.07, 6.45) is 10.5. The van der Waals surface area contributed by atoms with Crippen molar-refractivity contribution >= 4 is 32.7 Å². The van der Waals surface area contributed by atoms with E-state index in [4.69, 9.17) is 4.52 Å². The molecule has 13 heteroatoms. The van der Waals surface area contributed by atoms with Crippen molar-refractivity contribution in [3.8, 4) is 11.5 Å². The number of sulfonamides is 1. The maximum absolute atomic E-state index is 13.1. The van der Waals surface area contributed by atoms with Crippen molar-refractivity contribution in [2.45, 2.75) is 62.6 Å². The number of hydrogen-bond acceptors (Lipinski definition) is 9. The molecule has 3 aromatic rings. The molecule has 4 bridgehead atoms. The van der Waals surface area contributed by atoms with Crippen LogP contribution in [0.4, 0.5) is 5.69 Å². The number of hydrogen-bond donors (Lipinski definition) is 4. The summed E-state index contributed by atoms with van der Waals surface area (Å²) in [7, 11) is -3.30. The van der Waals surface area contributed by atoms with E-state index in [0.29, 0.717) is 49.2 Å². The van der Waals surface area contributed by atoms with Gasteiger partial charge in [0.25, 0.3) is 17.6 Å². The number of H-pyrrole nitrogens is 1. The molecule has 4 heterocycles. The van der Waals surface area contributed by atoms with Crippen LogP contribution >= 0.6 is 0 Å². The molecule has 0 spiro atoms. The monoisotopic (exact) mass is 555 g/mol. The Kier molecular flexibility index (Phi) is 5.76. The van der Waals surface area contributed by atoms with E-state index in [1.165, 1.54) is 0 Å². The van der Waals surface area contributed by atoms with Crippen molar-refractivity contribution in [3.63, 3.8) is 0 Å². The Bertz CT molecular complexity index is 1510. The highest BCUT2D eigenvalue weighted by atomic mass is 32.2. The Hall–Kier alpha value is -3.03. The Balaban J connectivity index is 1.13. The van der Waals surface area contributed by atoms with Crippen LogP contribution < -0.4 is 10.0 Å². The zero-order chi connectivity index (χ0) is 26.9. The lowest BCUT2D eigenvalue weighted by atomic mass is 9.52. The van der Waals surface area contributed by atoms with Gasteiger partial charge in [0, 0.05) is 43.0 Å². The quantitative estimate of drug-likeness (QED) is 0.356. The van der Waals surface area contributed by atoms with Crippen molar-refractivity contribution in [2.24, 2.45) is 17.8 Å². The molecule has 4 saturated carbocycles. The number of fused-ring (bicyclic) bond motifs is 1. The summed E-state index contributed by atoms with van der Waals surface area (Å²) in [5.41, 5.74) is 1.71. The van der Waals surface area contributed by atoms with E-state index in [2.05, 4.69) is 30.1 Å². The Morgan fingerprint density at radius 3 is 2.64 bits per heavy atom. The van der Waals surface area contributed by atoms with E-state index in [-0.39, 0.29) is 29.7 Å². The van der Waals surface area contributed by atoms with E-state index in [1.807, 2.05) is 12.3 Å². The van der Waals surface area contributed by atoms with Crippen molar-refractivity contribution < 1.29 is 22.8 Å². The molecule has 0 radical (unpaired) electrons. The van der Waals surface area contributed by atoms with Gasteiger partial charge in [-0.1, -0.05) is 5.16 Å². The molecule has 1 aliphatic heterocycles. The van der Waals surface area contributed by atoms with E-state index >= 15 is 0 Å². The van der Waals surface area contributed by atoms with E-state index in [9.17, 15) is 18.3 Å². The summed E-state index contributed by atoms with van der Waals surface area (Å²) < 4.78 is 31.3. The minimum absolute atomic E-state index is 0.0310. The lowest BCUT2D eigenvalue weighted by Crippen LogP contribution is -2.59. The van der Waals surface area contributed by atoms with Crippen LogP contribution in [0.5, 0.6) is 0 Å². The average molecular weight is 556 g/mol. The van der Waals surface area contributed by atoms with Gasteiger partial charge >= 0.3 is 0 Å². The normalized spacial score (nSPS) is 30.8. The largest absolute Gasteiger partial charge is 0.390 e. The second-order valence-corrected chi connectivity index (χ2v) is 13.8. The number of anilines is 1. The van der Waals surface area contributed by atoms with Crippen LogP contribution in [0.2, 0.25) is 0 Å². The van der Waals surface area contributed by atoms with Crippen LogP contribution in [0.1, 0.15) is 55.6 Å². The third-order valence-corrected chi connectivity index (χ3v) is 9.91. The summed E-state index contributed by atoms with van der Waals surface area (Å²) >= 11 is 0. The van der Waals surface area contributed by atoms with Crippen LogP contribution in [-0.4, -0.2) is 81.5 Å². The van der Waals surface area contributed by atoms with Crippen LogP contribution in [0.3, 0.4) is 0 Å². The van der Waals surface area contributed by atoms with Crippen molar-refractivity contribution in [3.05, 3.63) is 24.3 Å². The average Bonchev–Trinajstić information content (AvgIpc) is 3.54. The number of aliphatic hydroxyl groups is 1. The van der Waals surface area contributed by atoms with Crippen LogP contribution in [0.25, 0.3) is 22.5 Å².